The SMILES string of the molecule is [2H]C([2H])([2H])c1ccc(-c2c(C)ccc3c2oc2cc(-c4ccc(-c5ccccc5-c5ccccc5)cc4)ccc23)[n+](C)c1. The molecule has 2 nitrogen and oxygen atoms in total. The van der Waals surface area contributed by atoms with Crippen LogP contribution in [0.25, 0.3) is 66.6 Å². The molecule has 0 bridgehead atoms. The second-order valence-corrected chi connectivity index (χ2v) is 10.4. The number of aryl methyl sites for hydroxylation is 3. The highest BCUT2D eigenvalue weighted by Crippen LogP contribution is 2.39. The smallest absolute Gasteiger partial charge is 0.216 e. The van der Waals surface area contributed by atoms with Crippen molar-refractivity contribution in [2.45, 2.75) is 13.8 Å². The summed E-state index contributed by atoms with van der Waals surface area (Å²) >= 11 is 0. The Labute approximate surface area is 239 Å². The molecule has 2 aromatic heterocycles. The van der Waals surface area contributed by atoms with E-state index in [0.29, 0.717) is 5.56 Å². The summed E-state index contributed by atoms with van der Waals surface area (Å²) in [7, 11) is 1.88. The van der Waals surface area contributed by atoms with Crippen LogP contribution in [0.5, 0.6) is 0 Å². The first kappa shape index (κ1) is 20.9. The van der Waals surface area contributed by atoms with Crippen LogP contribution in [-0.2, 0) is 7.05 Å². The number of benzene rings is 5. The molecule has 7 rings (SSSR count). The topological polar surface area (TPSA) is 17.0 Å². The van der Waals surface area contributed by atoms with Crippen LogP contribution < -0.4 is 4.57 Å². The summed E-state index contributed by atoms with van der Waals surface area (Å²) in [6.45, 7) is -0.0981. The molecular weight excluding hydrogens is 486 g/mol. The van der Waals surface area contributed by atoms with Crippen molar-refractivity contribution < 1.29 is 13.1 Å². The number of nitrogens with zero attached hydrogens (tertiary/aromatic N) is 1. The van der Waals surface area contributed by atoms with Gasteiger partial charge in [-0.1, -0.05) is 97.1 Å². The molecule has 0 saturated heterocycles. The van der Waals surface area contributed by atoms with Crippen LogP contribution in [-0.4, -0.2) is 0 Å². The third kappa shape index (κ3) is 4.10. The van der Waals surface area contributed by atoms with Gasteiger partial charge in [-0.2, -0.15) is 0 Å². The predicted octanol–water partition coefficient (Wildman–Crippen LogP) is 9.70. The van der Waals surface area contributed by atoms with Crippen molar-refractivity contribution >= 4 is 21.9 Å². The summed E-state index contributed by atoms with van der Waals surface area (Å²) < 4.78 is 31.8. The van der Waals surface area contributed by atoms with Gasteiger partial charge in [0.25, 0.3) is 0 Å². The fourth-order valence-corrected chi connectivity index (χ4v) is 5.75. The molecule has 0 aliphatic carbocycles. The van der Waals surface area contributed by atoms with E-state index in [1.165, 1.54) is 22.3 Å². The first-order valence-electron chi connectivity index (χ1n) is 15.0. The number of hydrogen-bond donors (Lipinski definition) is 0. The summed E-state index contributed by atoms with van der Waals surface area (Å²) in [6, 6.07) is 41.9. The van der Waals surface area contributed by atoms with Crippen LogP contribution in [0.4, 0.5) is 0 Å². The minimum Gasteiger partial charge on any atom is -0.455 e. The molecule has 0 aliphatic heterocycles. The van der Waals surface area contributed by atoms with Gasteiger partial charge < -0.3 is 4.42 Å². The van der Waals surface area contributed by atoms with Crippen LogP contribution in [0.2, 0.25) is 0 Å². The molecule has 0 amide bonds. The minimum absolute atomic E-state index is 0.312. The number of fused-ring (bicyclic) bond motifs is 3. The maximum absolute atomic E-state index is 7.78. The van der Waals surface area contributed by atoms with Crippen molar-refractivity contribution in [3.05, 3.63) is 139 Å². The Bertz CT molecular complexity index is 2120. The van der Waals surface area contributed by atoms with Gasteiger partial charge in [-0.15, -0.1) is 0 Å². The molecule has 192 valence electrons. The zero-order valence-electron chi connectivity index (χ0n) is 25.5. The molecule has 0 spiro atoms. The number of rotatable bonds is 4. The van der Waals surface area contributed by atoms with E-state index in [9.17, 15) is 0 Å². The van der Waals surface area contributed by atoms with E-state index in [-0.39, 0.29) is 0 Å². The van der Waals surface area contributed by atoms with Crippen molar-refractivity contribution in [2.24, 2.45) is 7.05 Å². The van der Waals surface area contributed by atoms with E-state index < -0.39 is 6.85 Å². The zero-order valence-corrected chi connectivity index (χ0v) is 22.5. The molecule has 0 saturated carbocycles. The Morgan fingerprint density at radius 3 is 2.00 bits per heavy atom. The van der Waals surface area contributed by atoms with Crippen molar-refractivity contribution in [3.63, 3.8) is 0 Å². The number of pyridine rings is 1. The lowest BCUT2D eigenvalue weighted by molar-refractivity contribution is -0.660. The van der Waals surface area contributed by atoms with Gasteiger partial charge in [0.1, 0.15) is 18.2 Å². The van der Waals surface area contributed by atoms with E-state index >= 15 is 0 Å². The average molecular weight is 520 g/mol. The van der Waals surface area contributed by atoms with Crippen LogP contribution in [0.3, 0.4) is 0 Å². The lowest BCUT2D eigenvalue weighted by atomic mass is 9.93. The van der Waals surface area contributed by atoms with Crippen molar-refractivity contribution in [1.82, 2.24) is 0 Å². The predicted molar refractivity (Wildman–Crippen MR) is 166 cm³/mol. The van der Waals surface area contributed by atoms with Crippen molar-refractivity contribution in [1.29, 1.82) is 0 Å². The minimum atomic E-state index is -2.16. The third-order valence-electron chi connectivity index (χ3n) is 7.78. The van der Waals surface area contributed by atoms with Gasteiger partial charge in [-0.05, 0) is 70.9 Å². The highest BCUT2D eigenvalue weighted by Gasteiger charge is 2.20. The van der Waals surface area contributed by atoms with Gasteiger partial charge in [0.05, 0.1) is 5.56 Å². The Balaban J connectivity index is 1.28. The zero-order chi connectivity index (χ0) is 29.7. The summed E-state index contributed by atoms with van der Waals surface area (Å²) in [6.07, 6.45) is 1.68. The van der Waals surface area contributed by atoms with E-state index in [1.54, 1.807) is 12.3 Å². The molecule has 0 aliphatic rings. The quantitative estimate of drug-likeness (QED) is 0.212. The second kappa shape index (κ2) is 9.66. The Kier molecular flexibility index (Phi) is 5.06. The normalized spacial score (nSPS) is 12.8. The molecule has 0 N–H and O–H groups in total. The second-order valence-electron chi connectivity index (χ2n) is 10.4. The molecular formula is C38H30NO+. The Hall–Kier alpha value is -4.95. The standard InChI is InChI=1S/C38H30NO/c1-25-13-22-35(39(3)24-25)37-26(2)14-20-34-33-21-19-30(23-36(33)40-38(34)37)27-15-17-29(18-16-27)32-12-8-7-11-31(32)28-9-5-4-6-10-28/h4-24H,1-3H3/q+1/i1D3. The molecule has 0 atom stereocenters. The van der Waals surface area contributed by atoms with Gasteiger partial charge in [-0.25, -0.2) is 4.57 Å². The van der Waals surface area contributed by atoms with E-state index in [2.05, 4.69) is 110 Å². The van der Waals surface area contributed by atoms with Crippen LogP contribution in [0.15, 0.2) is 132 Å². The number of furan rings is 1. The molecule has 0 unspecified atom stereocenters. The van der Waals surface area contributed by atoms with Gasteiger partial charge >= 0.3 is 0 Å². The molecule has 2 heterocycles. The molecule has 0 radical (unpaired) electrons. The molecule has 5 aromatic carbocycles. The van der Waals surface area contributed by atoms with E-state index in [1.807, 2.05) is 23.7 Å². The molecule has 40 heavy (non-hydrogen) atoms. The molecule has 0 fully saturated rings. The lowest BCUT2D eigenvalue weighted by Crippen LogP contribution is -2.31. The van der Waals surface area contributed by atoms with Crippen molar-refractivity contribution in [3.8, 4) is 44.6 Å². The largest absolute Gasteiger partial charge is 0.455 e. The fraction of sp³-hybridized carbons (Fsp3) is 0.0789. The lowest BCUT2D eigenvalue weighted by Gasteiger charge is -2.11. The monoisotopic (exact) mass is 519 g/mol. The Morgan fingerprint density at radius 1 is 0.625 bits per heavy atom. The highest BCUT2D eigenvalue weighted by molar-refractivity contribution is 6.10. The number of aromatic nitrogens is 1. The average Bonchev–Trinajstić information content (AvgIpc) is 3.39. The summed E-state index contributed by atoms with van der Waals surface area (Å²) in [4.78, 5) is 0. The van der Waals surface area contributed by atoms with Crippen LogP contribution in [0, 0.1) is 13.8 Å². The van der Waals surface area contributed by atoms with Gasteiger partial charge in [-0.3, -0.25) is 0 Å². The maximum Gasteiger partial charge on any atom is 0.216 e. The first-order chi connectivity index (χ1) is 20.8. The summed E-state index contributed by atoms with van der Waals surface area (Å²) in [5, 5.41) is 2.09. The van der Waals surface area contributed by atoms with Crippen LogP contribution in [0.1, 0.15) is 15.2 Å². The highest BCUT2D eigenvalue weighted by atomic mass is 16.3. The van der Waals surface area contributed by atoms with Crippen LogP contribution >= 0.6 is 0 Å². The van der Waals surface area contributed by atoms with Gasteiger partial charge in [0, 0.05) is 26.5 Å². The first-order valence-corrected chi connectivity index (χ1v) is 13.5. The van der Waals surface area contributed by atoms with Crippen molar-refractivity contribution in [2.75, 3.05) is 0 Å². The van der Waals surface area contributed by atoms with Gasteiger partial charge in [0.15, 0.2) is 6.20 Å². The third-order valence-corrected chi connectivity index (χ3v) is 7.78. The number of hydrogen-bond acceptors (Lipinski definition) is 1. The molecule has 2 heteroatoms. The fourth-order valence-electron chi connectivity index (χ4n) is 5.75. The van der Waals surface area contributed by atoms with Gasteiger partial charge in [0.2, 0.25) is 5.69 Å². The Morgan fingerprint density at radius 2 is 1.27 bits per heavy atom. The maximum atomic E-state index is 7.78. The summed E-state index contributed by atoms with van der Waals surface area (Å²) in [5.74, 6) is 0. The van der Waals surface area contributed by atoms with E-state index in [0.717, 1.165) is 49.9 Å². The van der Waals surface area contributed by atoms with E-state index in [4.69, 9.17) is 8.53 Å². The molecule has 7 aromatic rings. The summed E-state index contributed by atoms with van der Waals surface area (Å²) in [5.41, 5.74) is 11.9.